The van der Waals surface area contributed by atoms with E-state index in [1.165, 1.54) is 0 Å². The Morgan fingerprint density at radius 3 is 2.59 bits per heavy atom. The largest absolute Gasteiger partial charge is 0.489 e. The maximum absolute atomic E-state index is 9.74. The lowest BCUT2D eigenvalue weighted by Crippen LogP contribution is -2.26. The number of nitrogens with one attached hydrogen (secondary N) is 1. The van der Waals surface area contributed by atoms with Crippen LogP contribution >= 0.6 is 0 Å². The number of hydrogen-bond acceptors (Lipinski definition) is 9. The molecular formula is C28H27N7O2. The highest BCUT2D eigenvalue weighted by Crippen LogP contribution is 2.30. The van der Waals surface area contributed by atoms with Gasteiger partial charge in [-0.2, -0.15) is 5.26 Å². The Balaban J connectivity index is 1.38. The number of benzene rings is 1. The van der Waals surface area contributed by atoms with E-state index >= 15 is 0 Å². The lowest BCUT2D eigenvalue weighted by Gasteiger charge is -2.23. The van der Waals surface area contributed by atoms with Crippen LogP contribution in [0.2, 0.25) is 0 Å². The minimum Gasteiger partial charge on any atom is -0.489 e. The SMILES string of the molecule is CN(C)c1ccc(-c2ncccc2Nc2nccc(-c3ccc(OC4CCOCC4)c(C#N)c3)n2)cn1. The molecule has 1 saturated heterocycles. The van der Waals surface area contributed by atoms with Gasteiger partial charge in [-0.3, -0.25) is 4.98 Å². The number of pyridine rings is 2. The van der Waals surface area contributed by atoms with Gasteiger partial charge in [-0.25, -0.2) is 15.0 Å². The predicted octanol–water partition coefficient (Wildman–Crippen LogP) is 4.84. The van der Waals surface area contributed by atoms with Gasteiger partial charge in [-0.05, 0) is 48.5 Å². The molecule has 37 heavy (non-hydrogen) atoms. The zero-order chi connectivity index (χ0) is 25.6. The predicted molar refractivity (Wildman–Crippen MR) is 142 cm³/mol. The summed E-state index contributed by atoms with van der Waals surface area (Å²) >= 11 is 0. The quantitative estimate of drug-likeness (QED) is 0.387. The number of hydrogen-bond donors (Lipinski definition) is 1. The summed E-state index contributed by atoms with van der Waals surface area (Å²) in [5.41, 5.74) is 4.35. The smallest absolute Gasteiger partial charge is 0.227 e. The van der Waals surface area contributed by atoms with Crippen molar-refractivity contribution in [1.29, 1.82) is 5.26 Å². The molecule has 1 N–H and O–H groups in total. The van der Waals surface area contributed by atoms with Crippen molar-refractivity contribution in [1.82, 2.24) is 19.9 Å². The van der Waals surface area contributed by atoms with Gasteiger partial charge in [0.2, 0.25) is 5.95 Å². The van der Waals surface area contributed by atoms with Crippen molar-refractivity contribution in [3.63, 3.8) is 0 Å². The number of anilines is 3. The summed E-state index contributed by atoms with van der Waals surface area (Å²) in [5.74, 6) is 1.87. The summed E-state index contributed by atoms with van der Waals surface area (Å²) in [4.78, 5) is 20.1. The van der Waals surface area contributed by atoms with E-state index < -0.39 is 0 Å². The van der Waals surface area contributed by atoms with Crippen molar-refractivity contribution < 1.29 is 9.47 Å². The van der Waals surface area contributed by atoms with E-state index in [-0.39, 0.29) is 6.10 Å². The summed E-state index contributed by atoms with van der Waals surface area (Å²) in [6.07, 6.45) is 6.93. The van der Waals surface area contributed by atoms with E-state index in [0.717, 1.165) is 41.2 Å². The first kappa shape index (κ1) is 24.2. The van der Waals surface area contributed by atoms with Gasteiger partial charge < -0.3 is 19.7 Å². The van der Waals surface area contributed by atoms with Gasteiger partial charge in [0, 0.05) is 56.7 Å². The highest BCUT2D eigenvalue weighted by atomic mass is 16.5. The van der Waals surface area contributed by atoms with Gasteiger partial charge in [-0.1, -0.05) is 0 Å². The minimum absolute atomic E-state index is 0.0597. The highest BCUT2D eigenvalue weighted by molar-refractivity contribution is 5.77. The maximum Gasteiger partial charge on any atom is 0.227 e. The van der Waals surface area contributed by atoms with E-state index in [2.05, 4.69) is 26.3 Å². The molecule has 186 valence electrons. The number of nitrogens with zero attached hydrogens (tertiary/aromatic N) is 6. The Kier molecular flexibility index (Phi) is 7.19. The van der Waals surface area contributed by atoms with Gasteiger partial charge in [-0.15, -0.1) is 0 Å². The molecular weight excluding hydrogens is 466 g/mol. The molecule has 1 fully saturated rings. The van der Waals surface area contributed by atoms with Gasteiger partial charge in [0.15, 0.2) is 0 Å². The third kappa shape index (κ3) is 5.66. The molecule has 0 unspecified atom stereocenters. The van der Waals surface area contributed by atoms with Gasteiger partial charge in [0.25, 0.3) is 0 Å². The maximum atomic E-state index is 9.74. The monoisotopic (exact) mass is 493 g/mol. The van der Waals surface area contributed by atoms with Gasteiger partial charge in [0.1, 0.15) is 23.7 Å². The fourth-order valence-electron chi connectivity index (χ4n) is 4.08. The Morgan fingerprint density at radius 1 is 1.00 bits per heavy atom. The zero-order valence-corrected chi connectivity index (χ0v) is 20.8. The third-order valence-corrected chi connectivity index (χ3v) is 6.05. The third-order valence-electron chi connectivity index (χ3n) is 6.05. The molecule has 4 heterocycles. The molecule has 0 amide bonds. The zero-order valence-electron chi connectivity index (χ0n) is 20.8. The van der Waals surface area contributed by atoms with Crippen LogP contribution in [0, 0.1) is 11.3 Å². The molecule has 0 saturated carbocycles. The summed E-state index contributed by atoms with van der Waals surface area (Å²) < 4.78 is 11.5. The summed E-state index contributed by atoms with van der Waals surface area (Å²) in [6, 6.07) is 17.3. The fraction of sp³-hybridized carbons (Fsp3) is 0.250. The average Bonchev–Trinajstić information content (AvgIpc) is 2.94. The summed E-state index contributed by atoms with van der Waals surface area (Å²) in [6.45, 7) is 1.36. The molecule has 1 aliphatic heterocycles. The van der Waals surface area contributed by atoms with Crippen LogP contribution in [0.4, 0.5) is 17.5 Å². The lowest BCUT2D eigenvalue weighted by molar-refractivity contribution is 0.0254. The topological polar surface area (TPSA) is 109 Å². The molecule has 0 radical (unpaired) electrons. The van der Waals surface area contributed by atoms with E-state index in [4.69, 9.17) is 14.5 Å². The lowest BCUT2D eigenvalue weighted by atomic mass is 10.1. The van der Waals surface area contributed by atoms with Crippen LogP contribution in [0.1, 0.15) is 18.4 Å². The van der Waals surface area contributed by atoms with Crippen LogP contribution in [-0.2, 0) is 4.74 Å². The molecule has 9 nitrogen and oxygen atoms in total. The standard InChI is InChI=1S/C28H27N7O2/c1-35(2)26-8-6-20(18-32-26)27-24(4-3-12-30-27)34-28-31-13-9-23(33-28)19-5-7-25(21(16-19)17-29)37-22-10-14-36-15-11-22/h3-9,12-13,16,18,22H,10-11,14-15H2,1-2H3,(H,31,33,34). The normalized spacial score (nSPS) is 13.5. The van der Waals surface area contributed by atoms with Crippen molar-refractivity contribution in [2.45, 2.75) is 18.9 Å². The Morgan fingerprint density at radius 2 is 1.84 bits per heavy atom. The van der Waals surface area contributed by atoms with Crippen LogP contribution in [0.5, 0.6) is 5.75 Å². The van der Waals surface area contributed by atoms with E-state index in [0.29, 0.717) is 36.2 Å². The highest BCUT2D eigenvalue weighted by Gasteiger charge is 2.18. The molecule has 9 heteroatoms. The Bertz CT molecular complexity index is 1410. The first-order valence-corrected chi connectivity index (χ1v) is 12.1. The molecule has 5 rings (SSSR count). The van der Waals surface area contributed by atoms with Crippen LogP contribution in [0.3, 0.4) is 0 Å². The first-order valence-electron chi connectivity index (χ1n) is 12.1. The molecule has 1 aliphatic rings. The van der Waals surface area contributed by atoms with Crippen LogP contribution in [0.15, 0.2) is 67.1 Å². The van der Waals surface area contributed by atoms with E-state index in [1.807, 2.05) is 61.5 Å². The average molecular weight is 494 g/mol. The number of ether oxygens (including phenoxy) is 2. The van der Waals surface area contributed by atoms with Crippen LogP contribution in [-0.4, -0.2) is 53.3 Å². The molecule has 1 aromatic carbocycles. The van der Waals surface area contributed by atoms with Crippen molar-refractivity contribution >= 4 is 17.5 Å². The van der Waals surface area contributed by atoms with Crippen molar-refractivity contribution in [3.05, 3.63) is 72.7 Å². The van der Waals surface area contributed by atoms with Gasteiger partial charge in [0.05, 0.1) is 35.9 Å². The Labute approximate surface area is 215 Å². The number of nitriles is 1. The fourth-order valence-corrected chi connectivity index (χ4v) is 4.08. The van der Waals surface area contributed by atoms with Crippen molar-refractivity contribution in [3.8, 4) is 34.3 Å². The molecule has 3 aromatic heterocycles. The first-order chi connectivity index (χ1) is 18.1. The number of rotatable bonds is 7. The molecule has 0 atom stereocenters. The second-order valence-corrected chi connectivity index (χ2v) is 8.84. The summed E-state index contributed by atoms with van der Waals surface area (Å²) in [7, 11) is 3.90. The summed E-state index contributed by atoms with van der Waals surface area (Å²) in [5, 5.41) is 13.0. The van der Waals surface area contributed by atoms with Crippen LogP contribution < -0.4 is 15.0 Å². The van der Waals surface area contributed by atoms with E-state index in [9.17, 15) is 5.26 Å². The van der Waals surface area contributed by atoms with Gasteiger partial charge >= 0.3 is 0 Å². The second-order valence-electron chi connectivity index (χ2n) is 8.84. The van der Waals surface area contributed by atoms with E-state index in [1.54, 1.807) is 24.7 Å². The Hall–Kier alpha value is -4.55. The van der Waals surface area contributed by atoms with Crippen molar-refractivity contribution in [2.75, 3.05) is 37.5 Å². The molecule has 0 aliphatic carbocycles. The minimum atomic E-state index is 0.0597. The molecule has 0 spiro atoms. The molecule has 0 bridgehead atoms. The second kappa shape index (κ2) is 11.0. The molecule has 4 aromatic rings. The van der Waals surface area contributed by atoms with Crippen LogP contribution in [0.25, 0.3) is 22.5 Å². The number of aromatic nitrogens is 4. The van der Waals surface area contributed by atoms with Crippen molar-refractivity contribution in [2.24, 2.45) is 0 Å².